The van der Waals surface area contributed by atoms with Gasteiger partial charge in [0.25, 0.3) is 0 Å². The fourth-order valence-corrected chi connectivity index (χ4v) is 3.17. The third-order valence-electron chi connectivity index (χ3n) is 4.31. The Bertz CT molecular complexity index is 580. The van der Waals surface area contributed by atoms with Gasteiger partial charge in [-0.3, -0.25) is 0 Å². The van der Waals surface area contributed by atoms with Gasteiger partial charge in [0, 0.05) is 0 Å². The van der Waals surface area contributed by atoms with Gasteiger partial charge in [-0.05, 0) is 53.1 Å². The lowest BCUT2D eigenvalue weighted by Crippen LogP contribution is -1.90. The summed E-state index contributed by atoms with van der Waals surface area (Å²) >= 11 is 0. The van der Waals surface area contributed by atoms with Gasteiger partial charge in [0.15, 0.2) is 0 Å². The molecule has 0 saturated heterocycles. The van der Waals surface area contributed by atoms with Crippen molar-refractivity contribution in [3.63, 3.8) is 0 Å². The Labute approximate surface area is 122 Å². The van der Waals surface area contributed by atoms with Crippen LogP contribution in [0.4, 0.5) is 0 Å². The zero-order chi connectivity index (χ0) is 13.8. The molecule has 1 aliphatic carbocycles. The van der Waals surface area contributed by atoms with E-state index in [-0.39, 0.29) is 0 Å². The zero-order valence-corrected chi connectivity index (χ0v) is 12.4. The molecule has 2 aromatic rings. The molecule has 0 aliphatic heterocycles. The molecule has 0 unspecified atom stereocenters. The quantitative estimate of drug-likeness (QED) is 0.510. The van der Waals surface area contributed by atoms with Crippen LogP contribution in [-0.2, 0) is 12.8 Å². The summed E-state index contributed by atoms with van der Waals surface area (Å²) in [4.78, 5) is 0. The maximum atomic E-state index is 3.66. The van der Waals surface area contributed by atoms with E-state index < -0.39 is 0 Å². The highest BCUT2D eigenvalue weighted by Gasteiger charge is 2.17. The predicted molar refractivity (Wildman–Crippen MR) is 86.0 cm³/mol. The highest BCUT2D eigenvalue weighted by atomic mass is 14.2. The van der Waals surface area contributed by atoms with Gasteiger partial charge in [0.05, 0.1) is 0 Å². The Hall–Kier alpha value is -1.56. The van der Waals surface area contributed by atoms with Crippen LogP contribution in [-0.4, -0.2) is 0 Å². The third-order valence-corrected chi connectivity index (χ3v) is 4.31. The first-order valence-electron chi connectivity index (χ1n) is 8.01. The van der Waals surface area contributed by atoms with E-state index in [0.29, 0.717) is 0 Å². The van der Waals surface area contributed by atoms with Crippen molar-refractivity contribution in [2.75, 3.05) is 0 Å². The van der Waals surface area contributed by atoms with Crippen molar-refractivity contribution in [3.8, 4) is 11.1 Å². The molecule has 0 heteroatoms. The standard InChI is InChI=1S/C20H23/c1-2-3-4-5-6-9-16-12-13-20-18(14-16)15-17-10-7-8-11-19(17)20/h7-8,10-13H,2-6,9,15H2,1H3. The average Bonchev–Trinajstić information content (AvgIpc) is 2.84. The summed E-state index contributed by atoms with van der Waals surface area (Å²) in [5, 5.41) is 0. The first-order valence-corrected chi connectivity index (χ1v) is 8.01. The minimum atomic E-state index is 1.06. The van der Waals surface area contributed by atoms with Gasteiger partial charge in [-0.15, -0.1) is 0 Å². The van der Waals surface area contributed by atoms with E-state index in [9.17, 15) is 0 Å². The van der Waals surface area contributed by atoms with E-state index in [1.54, 1.807) is 0 Å². The second-order valence-electron chi connectivity index (χ2n) is 5.87. The van der Waals surface area contributed by atoms with E-state index in [2.05, 4.69) is 49.4 Å². The van der Waals surface area contributed by atoms with Gasteiger partial charge in [0.1, 0.15) is 0 Å². The second kappa shape index (κ2) is 6.26. The SMILES string of the molecule is CCCCCCCc1[c]c2c(cc1)-c1ccccc1C2. The van der Waals surface area contributed by atoms with Crippen molar-refractivity contribution in [2.24, 2.45) is 0 Å². The highest BCUT2D eigenvalue weighted by molar-refractivity contribution is 5.76. The molecule has 0 fully saturated rings. The van der Waals surface area contributed by atoms with Gasteiger partial charge in [-0.2, -0.15) is 0 Å². The van der Waals surface area contributed by atoms with Crippen LogP contribution in [0.15, 0.2) is 36.4 Å². The Kier molecular flexibility index (Phi) is 4.20. The van der Waals surface area contributed by atoms with E-state index in [1.165, 1.54) is 66.3 Å². The molecule has 0 heterocycles. The molecule has 103 valence electrons. The molecule has 0 saturated carbocycles. The van der Waals surface area contributed by atoms with Crippen LogP contribution < -0.4 is 0 Å². The first kappa shape index (κ1) is 13.4. The lowest BCUT2D eigenvalue weighted by Gasteiger charge is -2.05. The van der Waals surface area contributed by atoms with Crippen LogP contribution in [0, 0.1) is 6.07 Å². The number of benzene rings is 2. The van der Waals surface area contributed by atoms with Crippen molar-refractivity contribution < 1.29 is 0 Å². The van der Waals surface area contributed by atoms with Crippen LogP contribution in [0.5, 0.6) is 0 Å². The number of hydrogen-bond acceptors (Lipinski definition) is 0. The maximum Gasteiger partial charge on any atom is -0.000718 e. The predicted octanol–water partition coefficient (Wildman–Crippen LogP) is 5.57. The van der Waals surface area contributed by atoms with Gasteiger partial charge in [0.2, 0.25) is 0 Å². The summed E-state index contributed by atoms with van der Waals surface area (Å²) in [5.74, 6) is 0. The van der Waals surface area contributed by atoms with Crippen molar-refractivity contribution in [1.82, 2.24) is 0 Å². The molecular weight excluding hydrogens is 240 g/mol. The normalized spacial score (nSPS) is 12.2. The summed E-state index contributed by atoms with van der Waals surface area (Å²) in [6.07, 6.45) is 9.00. The van der Waals surface area contributed by atoms with Gasteiger partial charge >= 0.3 is 0 Å². The number of unbranched alkanes of at least 4 members (excludes halogenated alkanes) is 4. The molecule has 3 rings (SSSR count). The molecule has 0 amide bonds. The summed E-state index contributed by atoms with van der Waals surface area (Å²) in [6.45, 7) is 2.27. The number of hydrogen-bond donors (Lipinski definition) is 0. The molecule has 2 aromatic carbocycles. The number of rotatable bonds is 6. The molecule has 1 aliphatic rings. The average molecular weight is 263 g/mol. The molecule has 0 bridgehead atoms. The fraction of sp³-hybridized carbons (Fsp3) is 0.400. The van der Waals surface area contributed by atoms with Crippen LogP contribution in [0.1, 0.15) is 55.7 Å². The topological polar surface area (TPSA) is 0 Å². The van der Waals surface area contributed by atoms with E-state index in [1.807, 2.05) is 0 Å². The summed E-state index contributed by atoms with van der Waals surface area (Å²) in [5.41, 5.74) is 7.06. The second-order valence-corrected chi connectivity index (χ2v) is 5.87. The Morgan fingerprint density at radius 2 is 1.75 bits per heavy atom. The highest BCUT2D eigenvalue weighted by Crippen LogP contribution is 2.36. The van der Waals surface area contributed by atoms with E-state index in [0.717, 1.165) is 6.42 Å². The monoisotopic (exact) mass is 263 g/mol. The van der Waals surface area contributed by atoms with Crippen LogP contribution in [0.25, 0.3) is 11.1 Å². The molecule has 0 atom stereocenters. The summed E-state index contributed by atoms with van der Waals surface area (Å²) in [7, 11) is 0. The number of aryl methyl sites for hydroxylation is 1. The largest absolute Gasteiger partial charge is 0.0654 e. The molecule has 0 aromatic heterocycles. The minimum Gasteiger partial charge on any atom is -0.0654 e. The lowest BCUT2D eigenvalue weighted by molar-refractivity contribution is 0.632. The molecule has 0 nitrogen and oxygen atoms in total. The fourth-order valence-electron chi connectivity index (χ4n) is 3.17. The Balaban J connectivity index is 1.65. The summed E-state index contributed by atoms with van der Waals surface area (Å²) < 4.78 is 0. The molecular formula is C20H23. The smallest absolute Gasteiger partial charge is 0.000718 e. The van der Waals surface area contributed by atoms with Gasteiger partial charge in [-0.1, -0.05) is 69.0 Å². The maximum absolute atomic E-state index is 3.66. The van der Waals surface area contributed by atoms with Crippen LogP contribution >= 0.6 is 0 Å². The third kappa shape index (κ3) is 2.80. The summed E-state index contributed by atoms with van der Waals surface area (Å²) in [6, 6.07) is 17.0. The van der Waals surface area contributed by atoms with Crippen LogP contribution in [0.2, 0.25) is 0 Å². The molecule has 20 heavy (non-hydrogen) atoms. The molecule has 0 N–H and O–H groups in total. The molecule has 0 spiro atoms. The Morgan fingerprint density at radius 3 is 2.65 bits per heavy atom. The van der Waals surface area contributed by atoms with Crippen molar-refractivity contribution in [1.29, 1.82) is 0 Å². The molecule has 1 radical (unpaired) electrons. The van der Waals surface area contributed by atoms with Gasteiger partial charge < -0.3 is 0 Å². The Morgan fingerprint density at radius 1 is 0.900 bits per heavy atom. The van der Waals surface area contributed by atoms with Crippen molar-refractivity contribution in [3.05, 3.63) is 59.2 Å². The van der Waals surface area contributed by atoms with Crippen molar-refractivity contribution >= 4 is 0 Å². The van der Waals surface area contributed by atoms with E-state index >= 15 is 0 Å². The van der Waals surface area contributed by atoms with Crippen molar-refractivity contribution in [2.45, 2.75) is 51.9 Å². The van der Waals surface area contributed by atoms with Crippen LogP contribution in [0.3, 0.4) is 0 Å². The zero-order valence-electron chi connectivity index (χ0n) is 12.4. The van der Waals surface area contributed by atoms with Gasteiger partial charge in [-0.25, -0.2) is 0 Å². The lowest BCUT2D eigenvalue weighted by atomic mass is 10.00. The number of fused-ring (bicyclic) bond motifs is 3. The van der Waals surface area contributed by atoms with E-state index in [4.69, 9.17) is 0 Å². The minimum absolute atomic E-state index is 1.06. The first-order chi connectivity index (χ1) is 9.88.